The maximum atomic E-state index is 12.9. The van der Waals surface area contributed by atoms with Crippen LogP contribution in [0.3, 0.4) is 0 Å². The molecule has 0 heterocycles. The van der Waals surface area contributed by atoms with Crippen LogP contribution in [0, 0.1) is 13.8 Å². The van der Waals surface area contributed by atoms with Gasteiger partial charge in [-0.3, -0.25) is 9.52 Å². The molecule has 0 bridgehead atoms. The number of nitrogens with zero attached hydrogens (tertiary/aromatic N) is 1. The standard InChI is InChI=1S/C23H25N3O5S2/c1-16-8-11-18(12-9-16)25-32(28,29)20-13-10-17(2)22(15-20)23(27)24-19-6-5-7-21(14-19)33(30,31)26(3)4/h5-15,25H,1-4H3,(H,24,27). The minimum Gasteiger partial charge on any atom is -0.322 e. The summed E-state index contributed by atoms with van der Waals surface area (Å²) in [6.07, 6.45) is 0. The molecule has 0 radical (unpaired) electrons. The summed E-state index contributed by atoms with van der Waals surface area (Å²) in [5.74, 6) is -0.556. The minimum absolute atomic E-state index is 0.0284. The van der Waals surface area contributed by atoms with E-state index in [-0.39, 0.29) is 21.0 Å². The fraction of sp³-hybridized carbons (Fsp3) is 0.174. The molecule has 0 atom stereocenters. The van der Waals surface area contributed by atoms with Crippen LogP contribution in [-0.2, 0) is 20.0 Å². The second kappa shape index (κ2) is 9.34. The molecule has 1 amide bonds. The van der Waals surface area contributed by atoms with Crippen LogP contribution in [0.25, 0.3) is 0 Å². The Morgan fingerprint density at radius 2 is 1.45 bits per heavy atom. The first-order valence-corrected chi connectivity index (χ1v) is 12.9. The van der Waals surface area contributed by atoms with Gasteiger partial charge in [0.2, 0.25) is 10.0 Å². The van der Waals surface area contributed by atoms with Crippen molar-refractivity contribution < 1.29 is 21.6 Å². The number of hydrogen-bond acceptors (Lipinski definition) is 5. The monoisotopic (exact) mass is 487 g/mol. The van der Waals surface area contributed by atoms with E-state index in [1.807, 2.05) is 6.92 Å². The number of anilines is 2. The average Bonchev–Trinajstić information content (AvgIpc) is 2.75. The highest BCUT2D eigenvalue weighted by Crippen LogP contribution is 2.22. The highest BCUT2D eigenvalue weighted by molar-refractivity contribution is 7.92. The van der Waals surface area contributed by atoms with Crippen molar-refractivity contribution in [2.75, 3.05) is 24.1 Å². The third-order valence-corrected chi connectivity index (χ3v) is 8.13. The van der Waals surface area contributed by atoms with E-state index >= 15 is 0 Å². The van der Waals surface area contributed by atoms with Crippen LogP contribution < -0.4 is 10.0 Å². The molecule has 2 N–H and O–H groups in total. The number of sulfonamides is 2. The van der Waals surface area contributed by atoms with Gasteiger partial charge < -0.3 is 5.32 Å². The van der Waals surface area contributed by atoms with E-state index in [9.17, 15) is 21.6 Å². The molecule has 0 aliphatic rings. The summed E-state index contributed by atoms with van der Waals surface area (Å²) in [7, 11) is -4.76. The van der Waals surface area contributed by atoms with Gasteiger partial charge in [0.1, 0.15) is 0 Å². The van der Waals surface area contributed by atoms with Crippen LogP contribution in [0.5, 0.6) is 0 Å². The lowest BCUT2D eigenvalue weighted by Crippen LogP contribution is -2.22. The fourth-order valence-electron chi connectivity index (χ4n) is 2.99. The molecule has 0 aliphatic carbocycles. The van der Waals surface area contributed by atoms with E-state index in [2.05, 4.69) is 10.0 Å². The number of benzene rings is 3. The summed E-state index contributed by atoms with van der Waals surface area (Å²) in [6, 6.07) is 17.0. The second-order valence-corrected chi connectivity index (χ2v) is 11.6. The minimum atomic E-state index is -3.92. The van der Waals surface area contributed by atoms with Crippen molar-refractivity contribution in [1.29, 1.82) is 0 Å². The van der Waals surface area contributed by atoms with E-state index < -0.39 is 26.0 Å². The molecule has 8 nitrogen and oxygen atoms in total. The smallest absolute Gasteiger partial charge is 0.261 e. The summed E-state index contributed by atoms with van der Waals surface area (Å²) in [6.45, 7) is 3.58. The molecule has 0 fully saturated rings. The lowest BCUT2D eigenvalue weighted by atomic mass is 10.1. The summed E-state index contributed by atoms with van der Waals surface area (Å²) in [4.78, 5) is 12.9. The molecule has 0 unspecified atom stereocenters. The summed E-state index contributed by atoms with van der Waals surface area (Å²) in [5.41, 5.74) is 2.40. The van der Waals surface area contributed by atoms with Crippen LogP contribution in [0.2, 0.25) is 0 Å². The molecular formula is C23H25N3O5S2. The average molecular weight is 488 g/mol. The van der Waals surface area contributed by atoms with Gasteiger partial charge in [-0.1, -0.05) is 29.8 Å². The Labute approximate surface area is 194 Å². The lowest BCUT2D eigenvalue weighted by Gasteiger charge is -2.14. The van der Waals surface area contributed by atoms with Gasteiger partial charge in [-0.2, -0.15) is 0 Å². The van der Waals surface area contributed by atoms with Gasteiger partial charge in [0.05, 0.1) is 9.79 Å². The first kappa shape index (κ1) is 24.4. The predicted octanol–water partition coefficient (Wildman–Crippen LogP) is 3.61. The Morgan fingerprint density at radius 3 is 2.09 bits per heavy atom. The van der Waals surface area contributed by atoms with E-state index in [1.54, 1.807) is 43.3 Å². The van der Waals surface area contributed by atoms with Crippen molar-refractivity contribution in [3.63, 3.8) is 0 Å². The Kier molecular flexibility index (Phi) is 6.92. The number of rotatable bonds is 7. The Bertz CT molecular complexity index is 1400. The maximum absolute atomic E-state index is 12.9. The molecule has 0 saturated carbocycles. The van der Waals surface area contributed by atoms with Crippen molar-refractivity contribution in [3.8, 4) is 0 Å². The maximum Gasteiger partial charge on any atom is 0.261 e. The highest BCUT2D eigenvalue weighted by Gasteiger charge is 2.20. The van der Waals surface area contributed by atoms with Crippen molar-refractivity contribution in [2.45, 2.75) is 23.6 Å². The number of amides is 1. The van der Waals surface area contributed by atoms with Crippen LogP contribution in [0.4, 0.5) is 11.4 Å². The summed E-state index contributed by atoms with van der Waals surface area (Å²) in [5, 5.41) is 2.65. The quantitative estimate of drug-likeness (QED) is 0.529. The molecule has 0 saturated heterocycles. The number of carbonyl (C=O) groups excluding carboxylic acids is 1. The van der Waals surface area contributed by atoms with Crippen LogP contribution in [0.15, 0.2) is 76.5 Å². The van der Waals surface area contributed by atoms with Gasteiger partial charge in [-0.25, -0.2) is 21.1 Å². The Hall–Kier alpha value is -3.21. The zero-order valence-electron chi connectivity index (χ0n) is 18.7. The first-order chi connectivity index (χ1) is 15.4. The van der Waals surface area contributed by atoms with Crippen LogP contribution in [0.1, 0.15) is 21.5 Å². The summed E-state index contributed by atoms with van der Waals surface area (Å²) < 4.78 is 54.0. The molecule has 0 spiro atoms. The van der Waals surface area contributed by atoms with E-state index in [4.69, 9.17) is 0 Å². The van der Waals surface area contributed by atoms with Gasteiger partial charge in [0.25, 0.3) is 15.9 Å². The zero-order valence-corrected chi connectivity index (χ0v) is 20.3. The number of hydrogen-bond donors (Lipinski definition) is 2. The third-order valence-electron chi connectivity index (χ3n) is 4.94. The normalized spacial score (nSPS) is 11.9. The van der Waals surface area contributed by atoms with E-state index in [0.29, 0.717) is 11.3 Å². The van der Waals surface area contributed by atoms with Crippen molar-refractivity contribution in [3.05, 3.63) is 83.4 Å². The first-order valence-electron chi connectivity index (χ1n) is 9.94. The van der Waals surface area contributed by atoms with Crippen LogP contribution in [-0.4, -0.2) is 41.1 Å². The molecule has 3 rings (SSSR count). The van der Waals surface area contributed by atoms with Gasteiger partial charge in [0, 0.05) is 31.0 Å². The molecule has 3 aromatic carbocycles. The van der Waals surface area contributed by atoms with Gasteiger partial charge in [-0.05, 0) is 61.9 Å². The molecule has 0 aromatic heterocycles. The molecule has 174 valence electrons. The SMILES string of the molecule is Cc1ccc(NS(=O)(=O)c2ccc(C)c(C(=O)Nc3cccc(S(=O)(=O)N(C)C)c3)c2)cc1. The summed E-state index contributed by atoms with van der Waals surface area (Å²) >= 11 is 0. The zero-order chi connectivity index (χ0) is 24.4. The van der Waals surface area contributed by atoms with Gasteiger partial charge in [-0.15, -0.1) is 0 Å². The van der Waals surface area contributed by atoms with Gasteiger partial charge in [0.15, 0.2) is 0 Å². The highest BCUT2D eigenvalue weighted by atomic mass is 32.2. The molecule has 10 heteroatoms. The van der Waals surface area contributed by atoms with E-state index in [1.165, 1.54) is 44.4 Å². The van der Waals surface area contributed by atoms with Crippen LogP contribution >= 0.6 is 0 Å². The second-order valence-electron chi connectivity index (χ2n) is 7.72. The topological polar surface area (TPSA) is 113 Å². The Balaban J connectivity index is 1.88. The third kappa shape index (κ3) is 5.59. The fourth-order valence-corrected chi connectivity index (χ4v) is 5.02. The molecular weight excluding hydrogens is 462 g/mol. The van der Waals surface area contributed by atoms with Gasteiger partial charge >= 0.3 is 0 Å². The molecule has 0 aliphatic heterocycles. The van der Waals surface area contributed by atoms with Crippen molar-refractivity contribution in [1.82, 2.24) is 4.31 Å². The number of carbonyl (C=O) groups is 1. The molecule has 33 heavy (non-hydrogen) atoms. The largest absolute Gasteiger partial charge is 0.322 e. The number of nitrogens with one attached hydrogen (secondary N) is 2. The molecule has 3 aromatic rings. The van der Waals surface area contributed by atoms with Crippen molar-refractivity contribution in [2.24, 2.45) is 0 Å². The van der Waals surface area contributed by atoms with Crippen molar-refractivity contribution >= 4 is 37.3 Å². The predicted molar refractivity (Wildman–Crippen MR) is 128 cm³/mol. The Morgan fingerprint density at radius 1 is 0.788 bits per heavy atom. The number of aryl methyl sites for hydroxylation is 2. The lowest BCUT2D eigenvalue weighted by molar-refractivity contribution is 0.102. The van der Waals surface area contributed by atoms with E-state index in [0.717, 1.165) is 9.87 Å².